The van der Waals surface area contributed by atoms with Crippen molar-refractivity contribution in [3.8, 4) is 0 Å². The number of methoxy groups -OCH3 is 1. The van der Waals surface area contributed by atoms with Crippen LogP contribution in [-0.4, -0.2) is 38.8 Å². The van der Waals surface area contributed by atoms with E-state index in [0.717, 1.165) is 5.56 Å². The molecule has 0 bridgehead atoms. The van der Waals surface area contributed by atoms with E-state index in [-0.39, 0.29) is 17.6 Å². The van der Waals surface area contributed by atoms with Crippen LogP contribution in [0.15, 0.2) is 42.5 Å². The van der Waals surface area contributed by atoms with Gasteiger partial charge in [-0.15, -0.1) is 0 Å². The Balaban J connectivity index is 1.57. The van der Waals surface area contributed by atoms with Gasteiger partial charge >= 0.3 is 0 Å². The van der Waals surface area contributed by atoms with E-state index in [2.05, 4.69) is 5.32 Å². The van der Waals surface area contributed by atoms with Gasteiger partial charge in [-0.2, -0.15) is 0 Å². The number of halogens is 2. The molecular formula is C21H24Cl2N2O4S. The number of nitrogens with zero attached hydrogens (tertiary/aromatic N) is 1. The molecule has 30 heavy (non-hydrogen) atoms. The van der Waals surface area contributed by atoms with E-state index in [4.69, 9.17) is 27.9 Å². The minimum absolute atomic E-state index is 0.0950. The van der Waals surface area contributed by atoms with Crippen molar-refractivity contribution in [3.63, 3.8) is 0 Å². The largest absolute Gasteiger partial charge is 0.380 e. The molecule has 1 N–H and O–H groups in total. The highest BCUT2D eigenvalue weighted by Gasteiger charge is 2.31. The summed E-state index contributed by atoms with van der Waals surface area (Å²) in [6, 6.07) is 12.3. The first-order valence-electron chi connectivity index (χ1n) is 9.59. The zero-order valence-corrected chi connectivity index (χ0v) is 18.9. The number of hydrogen-bond donors (Lipinski definition) is 1. The fourth-order valence-corrected chi connectivity index (χ4v) is 5.62. The first-order valence-corrected chi connectivity index (χ1v) is 12.0. The second kappa shape index (κ2) is 10.1. The Bertz CT molecular complexity index is 1010. The predicted molar refractivity (Wildman–Crippen MR) is 119 cm³/mol. The average molecular weight is 471 g/mol. The summed E-state index contributed by atoms with van der Waals surface area (Å²) < 4.78 is 32.1. The summed E-state index contributed by atoms with van der Waals surface area (Å²) in [4.78, 5) is 12.6. The van der Waals surface area contributed by atoms with Crippen molar-refractivity contribution < 1.29 is 17.9 Å². The lowest BCUT2D eigenvalue weighted by molar-refractivity contribution is -0.120. The van der Waals surface area contributed by atoms with E-state index >= 15 is 0 Å². The third-order valence-electron chi connectivity index (χ3n) is 5.08. The molecule has 1 heterocycles. The molecule has 2 aromatic carbocycles. The quantitative estimate of drug-likeness (QED) is 0.653. The van der Waals surface area contributed by atoms with Gasteiger partial charge in [-0.25, -0.2) is 12.7 Å². The number of carbonyl (C=O) groups is 1. The van der Waals surface area contributed by atoms with Crippen LogP contribution in [0.3, 0.4) is 0 Å². The van der Waals surface area contributed by atoms with Gasteiger partial charge in [0.15, 0.2) is 0 Å². The summed E-state index contributed by atoms with van der Waals surface area (Å²) in [7, 11) is -1.91. The van der Waals surface area contributed by atoms with Crippen molar-refractivity contribution in [2.45, 2.75) is 25.2 Å². The summed E-state index contributed by atoms with van der Waals surface area (Å²) in [5.74, 6) is -0.518. The molecular weight excluding hydrogens is 447 g/mol. The first kappa shape index (κ1) is 23.0. The minimum atomic E-state index is -3.53. The van der Waals surface area contributed by atoms with Crippen LogP contribution in [0.2, 0.25) is 10.0 Å². The number of hydrogen-bond acceptors (Lipinski definition) is 4. The van der Waals surface area contributed by atoms with E-state index in [0.29, 0.717) is 53.8 Å². The van der Waals surface area contributed by atoms with Gasteiger partial charge in [-0.05, 0) is 48.2 Å². The normalized spacial score (nSPS) is 15.8. The first-order chi connectivity index (χ1) is 14.3. The van der Waals surface area contributed by atoms with Gasteiger partial charge < -0.3 is 10.1 Å². The molecule has 2 aromatic rings. The van der Waals surface area contributed by atoms with E-state index < -0.39 is 10.0 Å². The lowest BCUT2D eigenvalue weighted by atomic mass is 9.97. The van der Waals surface area contributed by atoms with Crippen LogP contribution >= 0.6 is 23.2 Å². The molecule has 1 amide bonds. The summed E-state index contributed by atoms with van der Waals surface area (Å²) in [5, 5.41) is 3.71. The number of carbonyl (C=O) groups excluding carboxylic acids is 1. The maximum absolute atomic E-state index is 12.8. The standard InChI is InChI=1S/C21H24Cl2N2O4S/c1-29-13-15-3-2-4-19(11-15)24-21(26)16-7-9-25(10-8-16)30(27,28)14-17-5-6-18(22)12-20(17)23/h2-6,11-12,16H,7-10,13-14H2,1H3,(H,24,26). The fourth-order valence-electron chi connectivity index (χ4n) is 3.47. The maximum Gasteiger partial charge on any atom is 0.227 e. The number of amides is 1. The molecule has 9 heteroatoms. The molecule has 6 nitrogen and oxygen atoms in total. The van der Waals surface area contributed by atoms with Crippen LogP contribution in [0.5, 0.6) is 0 Å². The molecule has 0 saturated carbocycles. The van der Waals surface area contributed by atoms with Crippen molar-refractivity contribution in [1.82, 2.24) is 4.31 Å². The Morgan fingerprint density at radius 3 is 2.57 bits per heavy atom. The van der Waals surface area contributed by atoms with Gasteiger partial charge in [0.2, 0.25) is 15.9 Å². The fraction of sp³-hybridized carbons (Fsp3) is 0.381. The Labute approximate surface area is 187 Å². The monoisotopic (exact) mass is 470 g/mol. The second-order valence-electron chi connectivity index (χ2n) is 7.29. The molecule has 1 saturated heterocycles. The molecule has 0 aliphatic carbocycles. The van der Waals surface area contributed by atoms with Crippen molar-refractivity contribution in [1.29, 1.82) is 0 Å². The zero-order valence-electron chi connectivity index (χ0n) is 16.6. The number of anilines is 1. The van der Waals surface area contributed by atoms with Crippen molar-refractivity contribution >= 4 is 44.8 Å². The molecule has 3 rings (SSSR count). The third kappa shape index (κ3) is 5.95. The third-order valence-corrected chi connectivity index (χ3v) is 7.49. The number of piperidine rings is 1. The van der Waals surface area contributed by atoms with Gasteiger partial charge in [0.1, 0.15) is 0 Å². The van der Waals surface area contributed by atoms with E-state index in [9.17, 15) is 13.2 Å². The van der Waals surface area contributed by atoms with Gasteiger partial charge in [0.05, 0.1) is 12.4 Å². The molecule has 0 unspecified atom stereocenters. The SMILES string of the molecule is COCc1cccc(NC(=O)C2CCN(S(=O)(=O)Cc3ccc(Cl)cc3Cl)CC2)c1. The molecule has 0 aromatic heterocycles. The lowest BCUT2D eigenvalue weighted by Gasteiger charge is -2.30. The highest BCUT2D eigenvalue weighted by Crippen LogP contribution is 2.27. The molecule has 0 atom stereocenters. The van der Waals surface area contributed by atoms with Crippen LogP contribution in [0.4, 0.5) is 5.69 Å². The van der Waals surface area contributed by atoms with Crippen molar-refractivity contribution in [2.24, 2.45) is 5.92 Å². The number of ether oxygens (including phenoxy) is 1. The number of sulfonamides is 1. The minimum Gasteiger partial charge on any atom is -0.380 e. The molecule has 0 radical (unpaired) electrons. The van der Waals surface area contributed by atoms with E-state index in [1.807, 2.05) is 24.3 Å². The van der Waals surface area contributed by atoms with Crippen LogP contribution in [0.25, 0.3) is 0 Å². The Hall–Kier alpha value is -1.64. The van der Waals surface area contributed by atoms with Gasteiger partial charge in [-0.3, -0.25) is 4.79 Å². The topological polar surface area (TPSA) is 75.7 Å². The molecule has 162 valence electrons. The summed E-state index contributed by atoms with van der Waals surface area (Å²) in [6.07, 6.45) is 0.939. The van der Waals surface area contributed by atoms with Crippen molar-refractivity contribution in [2.75, 3.05) is 25.5 Å². The molecule has 0 spiro atoms. The van der Waals surface area contributed by atoms with Crippen molar-refractivity contribution in [3.05, 3.63) is 63.6 Å². The number of benzene rings is 2. The van der Waals surface area contributed by atoms with Gasteiger partial charge in [0, 0.05) is 41.8 Å². The lowest BCUT2D eigenvalue weighted by Crippen LogP contribution is -2.41. The number of nitrogens with one attached hydrogen (secondary N) is 1. The molecule has 1 fully saturated rings. The second-order valence-corrected chi connectivity index (χ2v) is 10.1. The highest BCUT2D eigenvalue weighted by atomic mass is 35.5. The van der Waals surface area contributed by atoms with Crippen LogP contribution in [-0.2, 0) is 31.9 Å². The van der Waals surface area contributed by atoms with Gasteiger partial charge in [-0.1, -0.05) is 41.4 Å². The summed E-state index contributed by atoms with van der Waals surface area (Å²) >= 11 is 12.0. The molecule has 1 aliphatic heterocycles. The van der Waals surface area contributed by atoms with E-state index in [1.165, 1.54) is 10.4 Å². The maximum atomic E-state index is 12.8. The van der Waals surface area contributed by atoms with Crippen LogP contribution < -0.4 is 5.32 Å². The smallest absolute Gasteiger partial charge is 0.227 e. The Morgan fingerprint density at radius 1 is 1.17 bits per heavy atom. The Morgan fingerprint density at radius 2 is 1.90 bits per heavy atom. The van der Waals surface area contributed by atoms with Crippen LogP contribution in [0, 0.1) is 5.92 Å². The average Bonchev–Trinajstić information content (AvgIpc) is 2.71. The zero-order chi connectivity index (χ0) is 21.7. The van der Waals surface area contributed by atoms with Gasteiger partial charge in [0.25, 0.3) is 0 Å². The molecule has 1 aliphatic rings. The predicted octanol–water partition coefficient (Wildman–Crippen LogP) is 4.32. The highest BCUT2D eigenvalue weighted by molar-refractivity contribution is 7.88. The summed E-state index contributed by atoms with van der Waals surface area (Å²) in [6.45, 7) is 1.07. The Kier molecular flexibility index (Phi) is 7.76. The summed E-state index contributed by atoms with van der Waals surface area (Å²) in [5.41, 5.74) is 2.19. The number of rotatable bonds is 7. The van der Waals surface area contributed by atoms with E-state index in [1.54, 1.807) is 19.2 Å². The van der Waals surface area contributed by atoms with Crippen LogP contribution in [0.1, 0.15) is 24.0 Å².